The number of anilines is 2. The smallest absolute Gasteiger partial charge is 0.262 e. The van der Waals surface area contributed by atoms with E-state index in [0.717, 1.165) is 42.0 Å². The third-order valence-electron chi connectivity index (χ3n) is 4.42. The van der Waals surface area contributed by atoms with Crippen LogP contribution in [0.2, 0.25) is 0 Å². The average molecular weight is 432 g/mol. The number of carbonyl (C=O) groups is 2. The van der Waals surface area contributed by atoms with Crippen LogP contribution in [0.5, 0.6) is 5.75 Å². The highest BCUT2D eigenvalue weighted by atomic mass is 79.9. The normalized spacial score (nSPS) is 14.0. The maximum atomic E-state index is 12.0. The molecule has 2 aromatic carbocycles. The predicted octanol–water partition coefficient (Wildman–Crippen LogP) is 3.14. The monoisotopic (exact) mass is 431 g/mol. The lowest BCUT2D eigenvalue weighted by Gasteiger charge is -2.35. The summed E-state index contributed by atoms with van der Waals surface area (Å²) >= 11 is 3.36. The molecule has 0 bridgehead atoms. The number of hydrogen-bond acceptors (Lipinski definition) is 4. The van der Waals surface area contributed by atoms with Crippen LogP contribution in [0, 0.1) is 0 Å². The maximum absolute atomic E-state index is 12.0. The van der Waals surface area contributed by atoms with Gasteiger partial charge in [0.1, 0.15) is 5.75 Å². The molecule has 7 heteroatoms. The topological polar surface area (TPSA) is 61.9 Å². The first kappa shape index (κ1) is 19.2. The fourth-order valence-electron chi connectivity index (χ4n) is 2.91. The van der Waals surface area contributed by atoms with E-state index >= 15 is 0 Å². The minimum Gasteiger partial charge on any atom is -0.484 e. The van der Waals surface area contributed by atoms with Crippen LogP contribution < -0.4 is 15.0 Å². The molecule has 0 spiro atoms. The molecule has 0 atom stereocenters. The van der Waals surface area contributed by atoms with Crippen LogP contribution in [-0.2, 0) is 9.59 Å². The van der Waals surface area contributed by atoms with Crippen molar-refractivity contribution in [2.45, 2.75) is 6.92 Å². The Bertz CT molecular complexity index is 785. The Morgan fingerprint density at radius 2 is 1.63 bits per heavy atom. The summed E-state index contributed by atoms with van der Waals surface area (Å²) in [6, 6.07) is 15.1. The molecule has 1 fully saturated rings. The SMILES string of the molecule is CC(=O)N1CCN(c2ccc(NC(=O)COc3ccc(Br)cc3)cc2)CC1. The molecular weight excluding hydrogens is 410 g/mol. The zero-order valence-corrected chi connectivity index (χ0v) is 16.7. The van der Waals surface area contributed by atoms with Gasteiger partial charge in [-0.05, 0) is 48.5 Å². The van der Waals surface area contributed by atoms with E-state index in [4.69, 9.17) is 4.74 Å². The first-order chi connectivity index (χ1) is 13.0. The van der Waals surface area contributed by atoms with Crippen LogP contribution in [0.4, 0.5) is 11.4 Å². The van der Waals surface area contributed by atoms with E-state index < -0.39 is 0 Å². The summed E-state index contributed by atoms with van der Waals surface area (Å²) in [5, 5.41) is 2.83. The Morgan fingerprint density at radius 3 is 2.22 bits per heavy atom. The zero-order valence-electron chi connectivity index (χ0n) is 15.2. The molecule has 2 amide bonds. The van der Waals surface area contributed by atoms with Crippen LogP contribution >= 0.6 is 15.9 Å². The molecule has 2 aromatic rings. The van der Waals surface area contributed by atoms with Gasteiger partial charge in [-0.15, -0.1) is 0 Å². The molecule has 142 valence electrons. The zero-order chi connectivity index (χ0) is 19.2. The van der Waals surface area contributed by atoms with Crippen LogP contribution in [-0.4, -0.2) is 49.5 Å². The molecule has 1 N–H and O–H groups in total. The van der Waals surface area contributed by atoms with Gasteiger partial charge in [-0.3, -0.25) is 9.59 Å². The molecule has 0 saturated carbocycles. The van der Waals surface area contributed by atoms with E-state index in [0.29, 0.717) is 5.75 Å². The highest BCUT2D eigenvalue weighted by Gasteiger charge is 2.18. The second-order valence-electron chi connectivity index (χ2n) is 6.33. The van der Waals surface area contributed by atoms with Gasteiger partial charge in [0.05, 0.1) is 0 Å². The van der Waals surface area contributed by atoms with Gasteiger partial charge in [0.2, 0.25) is 5.91 Å². The van der Waals surface area contributed by atoms with Crippen molar-refractivity contribution in [1.29, 1.82) is 0 Å². The van der Waals surface area contributed by atoms with Gasteiger partial charge in [0.25, 0.3) is 5.91 Å². The summed E-state index contributed by atoms with van der Waals surface area (Å²) in [5.74, 6) is 0.562. The summed E-state index contributed by atoms with van der Waals surface area (Å²) in [4.78, 5) is 27.5. The Balaban J connectivity index is 1.48. The summed E-state index contributed by atoms with van der Waals surface area (Å²) in [6.45, 7) is 4.66. The van der Waals surface area contributed by atoms with Gasteiger partial charge >= 0.3 is 0 Å². The standard InChI is InChI=1S/C20H22BrN3O3/c1-15(25)23-10-12-24(13-11-23)18-6-4-17(5-7-18)22-20(26)14-27-19-8-2-16(21)3-9-19/h2-9H,10-14H2,1H3,(H,22,26). The number of amides is 2. The minimum absolute atomic E-state index is 0.0452. The lowest BCUT2D eigenvalue weighted by atomic mass is 10.2. The van der Waals surface area contributed by atoms with Crippen LogP contribution in [0.1, 0.15) is 6.92 Å². The summed E-state index contributed by atoms with van der Waals surface area (Å²) in [6.07, 6.45) is 0. The van der Waals surface area contributed by atoms with E-state index in [-0.39, 0.29) is 18.4 Å². The van der Waals surface area contributed by atoms with Crippen molar-refractivity contribution in [2.75, 3.05) is 43.0 Å². The molecule has 1 saturated heterocycles. The molecule has 0 unspecified atom stereocenters. The number of halogens is 1. The minimum atomic E-state index is -0.208. The van der Waals surface area contributed by atoms with Crippen LogP contribution in [0.25, 0.3) is 0 Å². The number of ether oxygens (including phenoxy) is 1. The number of benzene rings is 2. The molecule has 0 aliphatic carbocycles. The lowest BCUT2D eigenvalue weighted by Crippen LogP contribution is -2.48. The van der Waals surface area contributed by atoms with Crippen LogP contribution in [0.3, 0.4) is 0 Å². The highest BCUT2D eigenvalue weighted by molar-refractivity contribution is 9.10. The van der Waals surface area contributed by atoms with E-state index in [1.165, 1.54) is 0 Å². The van der Waals surface area contributed by atoms with Crippen LogP contribution in [0.15, 0.2) is 53.0 Å². The Labute approximate surface area is 167 Å². The average Bonchev–Trinajstić information content (AvgIpc) is 2.68. The number of carbonyl (C=O) groups excluding carboxylic acids is 2. The maximum Gasteiger partial charge on any atom is 0.262 e. The van der Waals surface area contributed by atoms with Gasteiger partial charge < -0.3 is 19.9 Å². The molecule has 0 aromatic heterocycles. The molecule has 3 rings (SSSR count). The van der Waals surface area contributed by atoms with Gasteiger partial charge in [-0.1, -0.05) is 15.9 Å². The van der Waals surface area contributed by atoms with Gasteiger partial charge in [0, 0.05) is 49.0 Å². The molecule has 6 nitrogen and oxygen atoms in total. The van der Waals surface area contributed by atoms with Gasteiger partial charge in [0.15, 0.2) is 6.61 Å². The van der Waals surface area contributed by atoms with Crippen molar-refractivity contribution in [3.63, 3.8) is 0 Å². The number of rotatable bonds is 5. The first-order valence-corrected chi connectivity index (χ1v) is 9.59. The Morgan fingerprint density at radius 1 is 1.00 bits per heavy atom. The Hall–Kier alpha value is -2.54. The summed E-state index contributed by atoms with van der Waals surface area (Å²) in [7, 11) is 0. The van der Waals surface area contributed by atoms with Crippen molar-refractivity contribution >= 4 is 39.1 Å². The quantitative estimate of drug-likeness (QED) is 0.789. The molecule has 1 aliphatic heterocycles. The van der Waals surface area contributed by atoms with E-state index in [1.54, 1.807) is 19.1 Å². The lowest BCUT2D eigenvalue weighted by molar-refractivity contribution is -0.129. The number of piperazine rings is 1. The van der Waals surface area contributed by atoms with Gasteiger partial charge in [-0.25, -0.2) is 0 Å². The molecule has 0 radical (unpaired) electrons. The second-order valence-corrected chi connectivity index (χ2v) is 7.25. The van der Waals surface area contributed by atoms with Crippen molar-refractivity contribution in [3.05, 3.63) is 53.0 Å². The summed E-state index contributed by atoms with van der Waals surface area (Å²) < 4.78 is 6.43. The largest absolute Gasteiger partial charge is 0.484 e. The number of nitrogens with one attached hydrogen (secondary N) is 1. The second kappa shape index (κ2) is 8.90. The van der Waals surface area contributed by atoms with E-state index in [1.807, 2.05) is 41.3 Å². The van der Waals surface area contributed by atoms with Gasteiger partial charge in [-0.2, -0.15) is 0 Å². The Kier molecular flexibility index (Phi) is 6.34. The third-order valence-corrected chi connectivity index (χ3v) is 4.95. The van der Waals surface area contributed by atoms with E-state index in [9.17, 15) is 9.59 Å². The third kappa shape index (κ3) is 5.47. The molecule has 27 heavy (non-hydrogen) atoms. The van der Waals surface area contributed by atoms with Crippen molar-refractivity contribution in [1.82, 2.24) is 4.90 Å². The molecule has 1 aliphatic rings. The number of hydrogen-bond donors (Lipinski definition) is 1. The van der Waals surface area contributed by atoms with Crippen molar-refractivity contribution in [3.8, 4) is 5.75 Å². The van der Waals surface area contributed by atoms with E-state index in [2.05, 4.69) is 26.1 Å². The highest BCUT2D eigenvalue weighted by Crippen LogP contribution is 2.20. The van der Waals surface area contributed by atoms with Crippen molar-refractivity contribution < 1.29 is 14.3 Å². The fourth-order valence-corrected chi connectivity index (χ4v) is 3.18. The fraction of sp³-hybridized carbons (Fsp3) is 0.300. The number of nitrogens with zero attached hydrogens (tertiary/aromatic N) is 2. The predicted molar refractivity (Wildman–Crippen MR) is 109 cm³/mol. The van der Waals surface area contributed by atoms with Crippen molar-refractivity contribution in [2.24, 2.45) is 0 Å². The molecular formula is C20H22BrN3O3. The molecule has 1 heterocycles. The summed E-state index contributed by atoms with van der Waals surface area (Å²) in [5.41, 5.74) is 1.81. The first-order valence-electron chi connectivity index (χ1n) is 8.80.